The second kappa shape index (κ2) is 11.2. The van der Waals surface area contributed by atoms with Gasteiger partial charge in [-0.25, -0.2) is 0 Å². The number of anilines is 2. The number of ether oxygens (including phenoxy) is 2. The predicted molar refractivity (Wildman–Crippen MR) is 148 cm³/mol. The number of tetrazole rings is 1. The molecule has 0 saturated heterocycles. The Balaban J connectivity index is 1.54. The van der Waals surface area contributed by atoms with Crippen molar-refractivity contribution < 1.29 is 14.3 Å². The van der Waals surface area contributed by atoms with Crippen LogP contribution in [-0.4, -0.2) is 32.7 Å². The number of amides is 1. The highest BCUT2D eigenvalue weighted by molar-refractivity contribution is 9.10. The summed E-state index contributed by atoms with van der Waals surface area (Å²) in [6, 6.07) is 19.9. The monoisotopic (exact) mass is 594 g/mol. The van der Waals surface area contributed by atoms with Crippen LogP contribution in [0.15, 0.2) is 82.5 Å². The van der Waals surface area contributed by atoms with E-state index in [0.717, 1.165) is 11.1 Å². The van der Waals surface area contributed by atoms with E-state index >= 15 is 0 Å². The maximum Gasteiger partial charge on any atom is 0.255 e. The van der Waals surface area contributed by atoms with Crippen molar-refractivity contribution in [1.29, 1.82) is 0 Å². The normalized spacial score (nSPS) is 14.5. The molecule has 1 unspecified atom stereocenters. The molecule has 3 aromatic carbocycles. The summed E-state index contributed by atoms with van der Waals surface area (Å²) in [4.78, 5) is 13.6. The maximum absolute atomic E-state index is 13.6. The Hall–Kier alpha value is -3.89. The predicted octanol–water partition coefficient (Wildman–Crippen LogP) is 5.99. The third-order valence-corrected chi connectivity index (χ3v) is 6.93. The van der Waals surface area contributed by atoms with Crippen LogP contribution < -0.4 is 20.1 Å². The van der Waals surface area contributed by atoms with Gasteiger partial charge in [0.05, 0.1) is 16.7 Å². The van der Waals surface area contributed by atoms with Crippen LogP contribution in [0.2, 0.25) is 5.02 Å². The second-order valence-corrected chi connectivity index (χ2v) is 9.74. The van der Waals surface area contributed by atoms with E-state index in [-0.39, 0.29) is 12.5 Å². The molecule has 4 aromatic rings. The number of fused-ring (bicyclic) bond motifs is 1. The Bertz CT molecular complexity index is 1510. The van der Waals surface area contributed by atoms with Crippen molar-refractivity contribution in [2.75, 3.05) is 17.2 Å². The molecule has 1 amide bonds. The molecule has 38 heavy (non-hydrogen) atoms. The first-order valence-electron chi connectivity index (χ1n) is 11.9. The summed E-state index contributed by atoms with van der Waals surface area (Å²) in [7, 11) is 0. The fourth-order valence-electron chi connectivity index (χ4n) is 4.25. The number of hydrogen-bond acceptors (Lipinski definition) is 7. The van der Waals surface area contributed by atoms with E-state index in [0.29, 0.717) is 50.5 Å². The number of carbonyl (C=O) groups excluding carboxylic acids is 1. The minimum atomic E-state index is -0.627. The van der Waals surface area contributed by atoms with E-state index in [1.165, 1.54) is 0 Å². The molecule has 5 rings (SSSR count). The highest BCUT2D eigenvalue weighted by Crippen LogP contribution is 2.43. The van der Waals surface area contributed by atoms with Crippen LogP contribution in [0.3, 0.4) is 0 Å². The average Bonchev–Trinajstić information content (AvgIpc) is 3.37. The molecule has 194 valence electrons. The van der Waals surface area contributed by atoms with Crippen molar-refractivity contribution in [3.05, 3.63) is 98.6 Å². The van der Waals surface area contributed by atoms with Gasteiger partial charge in [-0.2, -0.15) is 4.68 Å². The molecule has 1 aliphatic heterocycles. The lowest BCUT2D eigenvalue weighted by atomic mass is 9.94. The van der Waals surface area contributed by atoms with Crippen LogP contribution in [0, 0.1) is 0 Å². The van der Waals surface area contributed by atoms with Gasteiger partial charge < -0.3 is 20.1 Å². The largest absolute Gasteiger partial charge is 0.490 e. The highest BCUT2D eigenvalue weighted by Gasteiger charge is 2.35. The highest BCUT2D eigenvalue weighted by atomic mass is 79.9. The van der Waals surface area contributed by atoms with E-state index in [1.807, 2.05) is 80.6 Å². The Morgan fingerprint density at radius 2 is 1.89 bits per heavy atom. The van der Waals surface area contributed by atoms with Crippen molar-refractivity contribution in [2.24, 2.45) is 0 Å². The van der Waals surface area contributed by atoms with Gasteiger partial charge in [-0.1, -0.05) is 53.1 Å². The molecular formula is C27H24BrClN6O3. The summed E-state index contributed by atoms with van der Waals surface area (Å²) in [5, 5.41) is 18.8. The number of aromatic nitrogens is 4. The van der Waals surface area contributed by atoms with Gasteiger partial charge >= 0.3 is 0 Å². The Morgan fingerprint density at radius 1 is 1.13 bits per heavy atom. The number of benzene rings is 3. The number of nitrogens with one attached hydrogen (secondary N) is 2. The lowest BCUT2D eigenvalue weighted by Gasteiger charge is -2.28. The van der Waals surface area contributed by atoms with E-state index < -0.39 is 6.04 Å². The number of carbonyl (C=O) groups is 1. The standard InChI is InChI=1S/C27H24BrClN6O3/c1-3-37-22-14-18(13-20(28)25(22)38-15-17-9-7-8-12-21(17)29)24-23(16(2)30-27-32-33-34-35(24)27)26(36)31-19-10-5-4-6-11-19/h4-14,24H,3,15H2,1-2H3,(H,31,36)(H,30,32,34). The zero-order valence-electron chi connectivity index (χ0n) is 20.6. The molecule has 9 nitrogen and oxygen atoms in total. The fourth-order valence-corrected chi connectivity index (χ4v) is 5.01. The molecule has 2 heterocycles. The lowest BCUT2D eigenvalue weighted by Crippen LogP contribution is -2.31. The van der Waals surface area contributed by atoms with Crippen LogP contribution in [0.4, 0.5) is 11.6 Å². The molecule has 11 heteroatoms. The van der Waals surface area contributed by atoms with Crippen molar-refractivity contribution in [2.45, 2.75) is 26.5 Å². The molecule has 0 saturated carbocycles. The quantitative estimate of drug-likeness (QED) is 0.258. The SMILES string of the molecule is CCOc1cc(C2C(C(=O)Nc3ccccc3)=C(C)Nc3nnnn32)cc(Br)c1OCc1ccccc1Cl. The molecule has 2 N–H and O–H groups in total. The van der Waals surface area contributed by atoms with E-state index in [2.05, 4.69) is 42.1 Å². The molecule has 1 aliphatic rings. The van der Waals surface area contributed by atoms with Crippen LogP contribution in [0.5, 0.6) is 11.5 Å². The van der Waals surface area contributed by atoms with E-state index in [9.17, 15) is 4.79 Å². The Kier molecular flexibility index (Phi) is 7.62. The summed E-state index contributed by atoms with van der Waals surface area (Å²) in [5.74, 6) is 1.19. The van der Waals surface area contributed by atoms with Crippen LogP contribution in [0.1, 0.15) is 31.0 Å². The van der Waals surface area contributed by atoms with Crippen molar-refractivity contribution in [3.63, 3.8) is 0 Å². The zero-order valence-corrected chi connectivity index (χ0v) is 23.0. The number of rotatable bonds is 8. The first kappa shape index (κ1) is 25.7. The van der Waals surface area contributed by atoms with Gasteiger partial charge in [0, 0.05) is 22.0 Å². The average molecular weight is 596 g/mol. The minimum Gasteiger partial charge on any atom is -0.490 e. The topological polar surface area (TPSA) is 103 Å². The first-order chi connectivity index (χ1) is 18.5. The third-order valence-electron chi connectivity index (χ3n) is 5.97. The van der Waals surface area contributed by atoms with Gasteiger partial charge in [-0.15, -0.1) is 0 Å². The molecule has 0 aliphatic carbocycles. The van der Waals surface area contributed by atoms with Gasteiger partial charge in [0.2, 0.25) is 5.95 Å². The second-order valence-electron chi connectivity index (χ2n) is 8.48. The lowest BCUT2D eigenvalue weighted by molar-refractivity contribution is -0.113. The number of hydrogen-bond donors (Lipinski definition) is 2. The molecule has 0 spiro atoms. The first-order valence-corrected chi connectivity index (χ1v) is 13.1. The van der Waals surface area contributed by atoms with E-state index in [4.69, 9.17) is 21.1 Å². The summed E-state index contributed by atoms with van der Waals surface area (Å²) in [6.07, 6.45) is 0. The number of nitrogens with zero attached hydrogens (tertiary/aromatic N) is 4. The molecular weight excluding hydrogens is 572 g/mol. The molecule has 0 fully saturated rings. The van der Waals surface area contributed by atoms with E-state index in [1.54, 1.807) is 4.68 Å². The fraction of sp³-hybridized carbons (Fsp3) is 0.185. The van der Waals surface area contributed by atoms with Crippen LogP contribution >= 0.6 is 27.5 Å². The summed E-state index contributed by atoms with van der Waals surface area (Å²) < 4.78 is 14.4. The molecule has 0 radical (unpaired) electrons. The summed E-state index contributed by atoms with van der Waals surface area (Å²) in [5.41, 5.74) is 3.37. The maximum atomic E-state index is 13.6. The molecule has 1 atom stereocenters. The molecule has 1 aromatic heterocycles. The van der Waals surface area contributed by atoms with Crippen molar-refractivity contribution >= 4 is 45.1 Å². The van der Waals surface area contributed by atoms with Crippen LogP contribution in [0.25, 0.3) is 0 Å². The van der Waals surface area contributed by atoms with Crippen molar-refractivity contribution in [3.8, 4) is 11.5 Å². The number of halogens is 2. The molecule has 0 bridgehead atoms. The Labute approximate surface area is 232 Å². The van der Waals surface area contributed by atoms with Gasteiger partial charge in [0.1, 0.15) is 12.6 Å². The van der Waals surface area contributed by atoms with Gasteiger partial charge in [-0.3, -0.25) is 4.79 Å². The van der Waals surface area contributed by atoms with Gasteiger partial charge in [-0.05, 0) is 76.1 Å². The summed E-state index contributed by atoms with van der Waals surface area (Å²) in [6.45, 7) is 4.39. The van der Waals surface area contributed by atoms with Crippen molar-refractivity contribution in [1.82, 2.24) is 20.2 Å². The zero-order chi connectivity index (χ0) is 26.6. The minimum absolute atomic E-state index is 0.256. The van der Waals surface area contributed by atoms with Gasteiger partial charge in [0.15, 0.2) is 11.5 Å². The number of para-hydroxylation sites is 1. The third kappa shape index (κ3) is 5.23. The Morgan fingerprint density at radius 3 is 2.66 bits per heavy atom. The summed E-state index contributed by atoms with van der Waals surface area (Å²) >= 11 is 9.97. The van der Waals surface area contributed by atoms with Crippen LogP contribution in [-0.2, 0) is 11.4 Å². The van der Waals surface area contributed by atoms with Gasteiger partial charge in [0.25, 0.3) is 5.91 Å². The number of allylic oxidation sites excluding steroid dienone is 1. The smallest absolute Gasteiger partial charge is 0.255 e.